The zero-order chi connectivity index (χ0) is 19.3. The number of nitrogens with one attached hydrogen (secondary N) is 1. The number of amides is 1. The van der Waals surface area contributed by atoms with Crippen LogP contribution in [-0.4, -0.2) is 21.7 Å². The summed E-state index contributed by atoms with van der Waals surface area (Å²) < 4.78 is 20.1. The molecule has 8 heteroatoms. The van der Waals surface area contributed by atoms with E-state index in [1.54, 1.807) is 20.8 Å². The Hall–Kier alpha value is -2.67. The summed E-state index contributed by atoms with van der Waals surface area (Å²) in [4.78, 5) is 23.6. The number of hydrogen-bond donors (Lipinski definition) is 1. The van der Waals surface area contributed by atoms with Gasteiger partial charge in [0.05, 0.1) is 28.5 Å². The van der Waals surface area contributed by atoms with Crippen LogP contribution in [-0.2, 0) is 21.1 Å². The maximum atomic E-state index is 13.6. The third-order valence-electron chi connectivity index (χ3n) is 3.24. The van der Waals surface area contributed by atoms with Crippen molar-refractivity contribution in [1.29, 1.82) is 0 Å². The molecular weight excluding hydrogens is 361 g/mol. The van der Waals surface area contributed by atoms with Gasteiger partial charge in [-0.3, -0.25) is 9.59 Å². The summed E-state index contributed by atoms with van der Waals surface area (Å²) in [6.45, 7) is 5.18. The number of aromatic nitrogens is 2. The van der Waals surface area contributed by atoms with Crippen molar-refractivity contribution < 1.29 is 18.7 Å². The van der Waals surface area contributed by atoms with Crippen molar-refractivity contribution in [3.8, 4) is 0 Å². The largest absolute Gasteiger partial charge is 0.442 e. The summed E-state index contributed by atoms with van der Waals surface area (Å²) in [5.74, 6) is -1.35. The van der Waals surface area contributed by atoms with Gasteiger partial charge in [0.15, 0.2) is 6.73 Å². The number of carbonyl (C=O) groups excluding carboxylic acids is 2. The monoisotopic (exact) mass is 379 g/mol. The van der Waals surface area contributed by atoms with E-state index in [9.17, 15) is 14.0 Å². The Bertz CT molecular complexity index is 820. The number of hydrogen-bond acceptors (Lipinski definition) is 4. The molecule has 0 saturated carbocycles. The molecule has 1 aromatic carbocycles. The van der Waals surface area contributed by atoms with Gasteiger partial charge in [0, 0.05) is 11.6 Å². The highest BCUT2D eigenvalue weighted by molar-refractivity contribution is 6.32. The second-order valence-electron chi connectivity index (χ2n) is 6.54. The summed E-state index contributed by atoms with van der Waals surface area (Å²) in [6.07, 6.45) is 5.38. The number of benzene rings is 1. The number of rotatable bonds is 5. The van der Waals surface area contributed by atoms with E-state index >= 15 is 0 Å². The first kappa shape index (κ1) is 19.7. The zero-order valence-corrected chi connectivity index (χ0v) is 15.4. The fourth-order valence-corrected chi connectivity index (χ4v) is 2.08. The summed E-state index contributed by atoms with van der Waals surface area (Å²) in [5, 5.41) is 6.77. The van der Waals surface area contributed by atoms with Crippen LogP contribution in [0.25, 0.3) is 6.08 Å². The van der Waals surface area contributed by atoms with E-state index in [1.165, 1.54) is 47.4 Å². The third-order valence-corrected chi connectivity index (χ3v) is 3.57. The fourth-order valence-electron chi connectivity index (χ4n) is 1.85. The average molecular weight is 380 g/mol. The van der Waals surface area contributed by atoms with Crippen molar-refractivity contribution in [2.24, 2.45) is 5.41 Å². The van der Waals surface area contributed by atoms with E-state index in [0.29, 0.717) is 5.69 Å². The Morgan fingerprint density at radius 1 is 1.38 bits per heavy atom. The molecule has 1 heterocycles. The Morgan fingerprint density at radius 3 is 2.77 bits per heavy atom. The highest BCUT2D eigenvalue weighted by Crippen LogP contribution is 2.20. The number of carbonyl (C=O) groups is 2. The number of halogens is 2. The maximum absolute atomic E-state index is 13.6. The lowest BCUT2D eigenvalue weighted by molar-refractivity contribution is -0.157. The molecular formula is C18H19ClFN3O3. The highest BCUT2D eigenvalue weighted by Gasteiger charge is 2.23. The van der Waals surface area contributed by atoms with Gasteiger partial charge in [0.25, 0.3) is 0 Å². The lowest BCUT2D eigenvalue weighted by Crippen LogP contribution is -2.24. The van der Waals surface area contributed by atoms with Crippen molar-refractivity contribution in [1.82, 2.24) is 9.78 Å². The molecule has 0 saturated heterocycles. The van der Waals surface area contributed by atoms with Crippen LogP contribution in [0.3, 0.4) is 0 Å². The SMILES string of the molecule is CC(C)(C)C(=O)OCn1cc(NC(=O)C=Cc2c(F)cccc2Cl)cn1. The van der Waals surface area contributed by atoms with Crippen LogP contribution in [0.5, 0.6) is 0 Å². The summed E-state index contributed by atoms with van der Waals surface area (Å²) in [5.41, 5.74) is -0.0663. The summed E-state index contributed by atoms with van der Waals surface area (Å²) in [7, 11) is 0. The van der Waals surface area contributed by atoms with Crippen LogP contribution < -0.4 is 5.32 Å². The molecule has 2 rings (SSSR count). The quantitative estimate of drug-likeness (QED) is 0.632. The van der Waals surface area contributed by atoms with Crippen molar-refractivity contribution >= 4 is 35.2 Å². The molecule has 0 unspecified atom stereocenters. The van der Waals surface area contributed by atoms with Gasteiger partial charge in [-0.2, -0.15) is 5.10 Å². The average Bonchev–Trinajstić information content (AvgIpc) is 2.98. The predicted octanol–water partition coefficient (Wildman–Crippen LogP) is 3.87. The second kappa shape index (κ2) is 8.14. The molecule has 0 radical (unpaired) electrons. The molecule has 2 aromatic rings. The van der Waals surface area contributed by atoms with Crippen molar-refractivity contribution in [2.75, 3.05) is 5.32 Å². The molecule has 0 fully saturated rings. The minimum Gasteiger partial charge on any atom is -0.442 e. The van der Waals surface area contributed by atoms with Gasteiger partial charge in [0.1, 0.15) is 5.82 Å². The Balaban J connectivity index is 1.93. The van der Waals surface area contributed by atoms with E-state index in [2.05, 4.69) is 10.4 Å². The van der Waals surface area contributed by atoms with E-state index in [1.807, 2.05) is 0 Å². The van der Waals surface area contributed by atoms with Crippen LogP contribution in [0.2, 0.25) is 5.02 Å². The number of nitrogens with zero attached hydrogens (tertiary/aromatic N) is 2. The summed E-state index contributed by atoms with van der Waals surface area (Å²) >= 11 is 5.89. The van der Waals surface area contributed by atoms with Crippen LogP contribution in [0.15, 0.2) is 36.7 Å². The molecule has 1 N–H and O–H groups in total. The minimum atomic E-state index is -0.608. The molecule has 26 heavy (non-hydrogen) atoms. The zero-order valence-electron chi connectivity index (χ0n) is 14.6. The van der Waals surface area contributed by atoms with E-state index in [-0.39, 0.29) is 23.3 Å². The Kier molecular flexibility index (Phi) is 6.15. The van der Waals surface area contributed by atoms with Gasteiger partial charge in [-0.25, -0.2) is 9.07 Å². The highest BCUT2D eigenvalue weighted by atomic mass is 35.5. The first-order valence-corrected chi connectivity index (χ1v) is 8.17. The van der Waals surface area contributed by atoms with E-state index < -0.39 is 17.1 Å². The fraction of sp³-hybridized carbons (Fsp3) is 0.278. The van der Waals surface area contributed by atoms with E-state index in [4.69, 9.17) is 16.3 Å². The van der Waals surface area contributed by atoms with Gasteiger partial charge in [-0.15, -0.1) is 0 Å². The number of anilines is 1. The molecule has 0 atom stereocenters. The van der Waals surface area contributed by atoms with Crippen molar-refractivity contribution in [3.05, 3.63) is 53.1 Å². The molecule has 0 bridgehead atoms. The molecule has 1 aromatic heterocycles. The second-order valence-corrected chi connectivity index (χ2v) is 6.94. The van der Waals surface area contributed by atoms with Gasteiger partial charge in [-0.05, 0) is 39.0 Å². The molecule has 138 valence electrons. The Labute approximate surface area is 155 Å². The smallest absolute Gasteiger partial charge is 0.313 e. The molecule has 0 aliphatic rings. The lowest BCUT2D eigenvalue weighted by Gasteiger charge is -2.16. The number of ether oxygens (including phenoxy) is 1. The van der Waals surface area contributed by atoms with Gasteiger partial charge in [0.2, 0.25) is 5.91 Å². The normalized spacial score (nSPS) is 11.6. The van der Waals surface area contributed by atoms with Crippen LogP contribution in [0.4, 0.5) is 10.1 Å². The van der Waals surface area contributed by atoms with Gasteiger partial charge in [-0.1, -0.05) is 17.7 Å². The molecule has 0 spiro atoms. The maximum Gasteiger partial charge on any atom is 0.313 e. The molecule has 0 aliphatic heterocycles. The molecule has 6 nitrogen and oxygen atoms in total. The Morgan fingerprint density at radius 2 is 2.12 bits per heavy atom. The summed E-state index contributed by atoms with van der Waals surface area (Å²) in [6, 6.07) is 4.27. The lowest BCUT2D eigenvalue weighted by atomic mass is 9.98. The molecule has 0 aliphatic carbocycles. The van der Waals surface area contributed by atoms with Crippen LogP contribution in [0, 0.1) is 11.2 Å². The number of esters is 1. The first-order valence-electron chi connectivity index (χ1n) is 7.79. The van der Waals surface area contributed by atoms with Gasteiger partial charge >= 0.3 is 5.97 Å². The standard InChI is InChI=1S/C18H19ClFN3O3/c1-18(2,3)17(25)26-11-23-10-12(9-21-23)22-16(24)8-7-13-14(19)5-4-6-15(13)20/h4-10H,11H2,1-3H3,(H,22,24). The van der Waals surface area contributed by atoms with Gasteiger partial charge < -0.3 is 10.1 Å². The topological polar surface area (TPSA) is 73.2 Å². The molecule has 1 amide bonds. The first-order chi connectivity index (χ1) is 12.2. The van der Waals surface area contributed by atoms with E-state index in [0.717, 1.165) is 0 Å². The van der Waals surface area contributed by atoms with Crippen LogP contribution >= 0.6 is 11.6 Å². The van der Waals surface area contributed by atoms with Crippen molar-refractivity contribution in [2.45, 2.75) is 27.5 Å². The minimum absolute atomic E-state index is 0.0628. The third kappa shape index (κ3) is 5.42. The predicted molar refractivity (Wildman–Crippen MR) is 96.8 cm³/mol. The van der Waals surface area contributed by atoms with Crippen molar-refractivity contribution in [3.63, 3.8) is 0 Å². The van der Waals surface area contributed by atoms with Crippen LogP contribution in [0.1, 0.15) is 26.3 Å².